The lowest BCUT2D eigenvalue weighted by atomic mass is 10.0. The summed E-state index contributed by atoms with van der Waals surface area (Å²) in [5.74, 6) is 0.236. The van der Waals surface area contributed by atoms with Gasteiger partial charge in [-0.3, -0.25) is 0 Å². The molecular weight excluding hydrogens is 427 g/mol. The number of hydrogen-bond acceptors (Lipinski definition) is 6. The van der Waals surface area contributed by atoms with E-state index in [1.165, 1.54) is 12.1 Å². The Balaban J connectivity index is 1.33. The van der Waals surface area contributed by atoms with E-state index in [1.807, 2.05) is 39.0 Å². The van der Waals surface area contributed by atoms with Crippen LogP contribution in [0.5, 0.6) is 11.5 Å². The summed E-state index contributed by atoms with van der Waals surface area (Å²) in [5, 5.41) is 13.1. The van der Waals surface area contributed by atoms with Crippen molar-refractivity contribution >= 4 is 21.5 Å². The molecule has 0 bridgehead atoms. The molecule has 0 saturated carbocycles. The van der Waals surface area contributed by atoms with Gasteiger partial charge in [0.15, 0.2) is 0 Å². The number of halogens is 1. The SMILES string of the molecule is CC(COc1c2ccccc2c(O)c2cc(F)ccc12)OCC(C)OCC(C)OCC1CO1. The summed E-state index contributed by atoms with van der Waals surface area (Å²) in [6.45, 7) is 8.47. The quantitative estimate of drug-likeness (QED) is 0.310. The molecule has 0 aromatic heterocycles. The third-order valence-electron chi connectivity index (χ3n) is 5.57. The third-order valence-corrected chi connectivity index (χ3v) is 5.57. The number of benzene rings is 3. The lowest BCUT2D eigenvalue weighted by Gasteiger charge is -2.21. The minimum atomic E-state index is -0.412. The topological polar surface area (TPSA) is 69.7 Å². The Morgan fingerprint density at radius 1 is 0.879 bits per heavy atom. The molecule has 7 heteroatoms. The van der Waals surface area contributed by atoms with Gasteiger partial charge in [-0.1, -0.05) is 24.3 Å². The molecule has 0 aliphatic carbocycles. The summed E-state index contributed by atoms with van der Waals surface area (Å²) < 4.78 is 42.5. The zero-order chi connectivity index (χ0) is 23.4. The number of aromatic hydroxyl groups is 1. The van der Waals surface area contributed by atoms with Gasteiger partial charge in [-0.15, -0.1) is 0 Å². The highest BCUT2D eigenvalue weighted by Gasteiger charge is 2.23. The maximum Gasteiger partial charge on any atom is 0.135 e. The Bertz CT molecular complexity index is 1080. The van der Waals surface area contributed by atoms with Crippen molar-refractivity contribution in [3.63, 3.8) is 0 Å². The molecule has 6 nitrogen and oxygen atoms in total. The highest BCUT2D eigenvalue weighted by atomic mass is 19.1. The average molecular weight is 459 g/mol. The van der Waals surface area contributed by atoms with E-state index in [0.717, 1.165) is 12.0 Å². The van der Waals surface area contributed by atoms with Crippen LogP contribution in [-0.4, -0.2) is 62.6 Å². The summed E-state index contributed by atoms with van der Waals surface area (Å²) in [6.07, 6.45) is -0.0389. The van der Waals surface area contributed by atoms with Gasteiger partial charge in [-0.05, 0) is 39.0 Å². The van der Waals surface area contributed by atoms with Crippen molar-refractivity contribution in [1.29, 1.82) is 0 Å². The second-order valence-electron chi connectivity index (χ2n) is 8.61. The molecule has 4 unspecified atom stereocenters. The predicted molar refractivity (Wildman–Crippen MR) is 125 cm³/mol. The molecule has 4 rings (SSSR count). The summed E-state index contributed by atoms with van der Waals surface area (Å²) in [4.78, 5) is 0. The standard InChI is InChI=1S/C26H31FO6/c1-16(29-12-17(2)31-14-20-15-32-20)11-30-18(3)13-33-26-22-7-5-4-6-21(22)25(28)24-10-19(27)8-9-23(24)26/h4-10,16-18,20,28H,11-15H2,1-3H3. The van der Waals surface area contributed by atoms with Crippen molar-refractivity contribution in [1.82, 2.24) is 0 Å². The van der Waals surface area contributed by atoms with Crippen LogP contribution in [0.1, 0.15) is 20.8 Å². The van der Waals surface area contributed by atoms with Crippen LogP contribution >= 0.6 is 0 Å². The van der Waals surface area contributed by atoms with Crippen molar-refractivity contribution in [3.8, 4) is 11.5 Å². The molecule has 1 aliphatic heterocycles. The normalized spacial score (nSPS) is 18.4. The molecule has 0 amide bonds. The first kappa shape index (κ1) is 23.7. The van der Waals surface area contributed by atoms with E-state index in [2.05, 4.69) is 0 Å². The van der Waals surface area contributed by atoms with E-state index in [1.54, 1.807) is 12.1 Å². The third kappa shape index (κ3) is 6.12. The van der Waals surface area contributed by atoms with Crippen LogP contribution in [0.3, 0.4) is 0 Å². The lowest BCUT2D eigenvalue weighted by molar-refractivity contribution is -0.0740. The van der Waals surface area contributed by atoms with E-state index in [-0.39, 0.29) is 30.2 Å². The number of epoxide rings is 1. The van der Waals surface area contributed by atoms with E-state index in [9.17, 15) is 9.50 Å². The minimum absolute atomic E-state index is 0.00157. The lowest BCUT2D eigenvalue weighted by Crippen LogP contribution is -2.27. The van der Waals surface area contributed by atoms with Gasteiger partial charge in [0.2, 0.25) is 0 Å². The second kappa shape index (κ2) is 10.7. The molecule has 3 aromatic carbocycles. The van der Waals surface area contributed by atoms with Crippen LogP contribution in [0.15, 0.2) is 42.5 Å². The predicted octanol–water partition coefficient (Wildman–Crippen LogP) is 4.83. The Kier molecular flexibility index (Phi) is 7.65. The van der Waals surface area contributed by atoms with Crippen LogP contribution < -0.4 is 4.74 Å². The van der Waals surface area contributed by atoms with Crippen LogP contribution in [0.4, 0.5) is 4.39 Å². The fraction of sp³-hybridized carbons (Fsp3) is 0.462. The summed E-state index contributed by atoms with van der Waals surface area (Å²) in [6, 6.07) is 11.7. The van der Waals surface area contributed by atoms with E-state index >= 15 is 0 Å². The van der Waals surface area contributed by atoms with Gasteiger partial charge in [0.25, 0.3) is 0 Å². The molecule has 0 radical (unpaired) electrons. The van der Waals surface area contributed by atoms with Gasteiger partial charge in [-0.25, -0.2) is 4.39 Å². The maximum atomic E-state index is 13.8. The van der Waals surface area contributed by atoms with Crippen LogP contribution in [0.2, 0.25) is 0 Å². The second-order valence-corrected chi connectivity index (χ2v) is 8.61. The van der Waals surface area contributed by atoms with Gasteiger partial charge >= 0.3 is 0 Å². The highest BCUT2D eigenvalue weighted by Crippen LogP contribution is 2.42. The molecule has 1 saturated heterocycles. The molecule has 1 fully saturated rings. The zero-order valence-electron chi connectivity index (χ0n) is 19.3. The molecule has 178 valence electrons. The van der Waals surface area contributed by atoms with Crippen LogP contribution in [0.25, 0.3) is 21.5 Å². The van der Waals surface area contributed by atoms with Crippen molar-refractivity contribution in [2.75, 3.05) is 33.0 Å². The van der Waals surface area contributed by atoms with Crippen molar-refractivity contribution < 1.29 is 33.2 Å². The first-order chi connectivity index (χ1) is 15.9. The first-order valence-corrected chi connectivity index (χ1v) is 11.3. The fourth-order valence-electron chi connectivity index (χ4n) is 3.62. The van der Waals surface area contributed by atoms with Gasteiger partial charge in [0, 0.05) is 21.5 Å². The summed E-state index contributed by atoms with van der Waals surface area (Å²) >= 11 is 0. The van der Waals surface area contributed by atoms with Crippen molar-refractivity contribution in [2.45, 2.75) is 45.2 Å². The van der Waals surface area contributed by atoms with Gasteiger partial charge in [0.1, 0.15) is 30.0 Å². The number of rotatable bonds is 12. The number of phenols is 1. The molecular formula is C26H31FO6. The molecule has 3 aromatic rings. The Labute approximate surface area is 193 Å². The van der Waals surface area contributed by atoms with E-state index in [0.29, 0.717) is 48.3 Å². The summed E-state index contributed by atoms with van der Waals surface area (Å²) in [5.41, 5.74) is 0. The molecule has 1 N–H and O–H groups in total. The Hall–Kier alpha value is -2.45. The monoisotopic (exact) mass is 458 g/mol. The van der Waals surface area contributed by atoms with Crippen molar-refractivity contribution in [2.24, 2.45) is 0 Å². The summed E-state index contributed by atoms with van der Waals surface area (Å²) in [7, 11) is 0. The van der Waals surface area contributed by atoms with Gasteiger partial charge in [0.05, 0.1) is 44.7 Å². The minimum Gasteiger partial charge on any atom is -0.507 e. The Morgan fingerprint density at radius 2 is 1.48 bits per heavy atom. The van der Waals surface area contributed by atoms with Crippen molar-refractivity contribution in [3.05, 3.63) is 48.3 Å². The zero-order valence-corrected chi connectivity index (χ0v) is 19.3. The molecule has 1 heterocycles. The molecule has 4 atom stereocenters. The average Bonchev–Trinajstić information content (AvgIpc) is 3.65. The molecule has 1 aliphatic rings. The number of ether oxygens (including phenoxy) is 5. The molecule has 33 heavy (non-hydrogen) atoms. The fourth-order valence-corrected chi connectivity index (χ4v) is 3.62. The Morgan fingerprint density at radius 3 is 2.18 bits per heavy atom. The maximum absolute atomic E-state index is 13.8. The number of phenolic OH excluding ortho intramolecular Hbond substituents is 1. The largest absolute Gasteiger partial charge is 0.507 e. The van der Waals surface area contributed by atoms with Gasteiger partial charge in [-0.2, -0.15) is 0 Å². The first-order valence-electron chi connectivity index (χ1n) is 11.3. The van der Waals surface area contributed by atoms with E-state index < -0.39 is 5.82 Å². The smallest absolute Gasteiger partial charge is 0.135 e. The highest BCUT2D eigenvalue weighted by molar-refractivity contribution is 6.10. The van der Waals surface area contributed by atoms with Gasteiger partial charge < -0.3 is 28.8 Å². The molecule has 0 spiro atoms. The van der Waals surface area contributed by atoms with Crippen LogP contribution in [-0.2, 0) is 18.9 Å². The number of hydrogen-bond donors (Lipinski definition) is 1. The van der Waals surface area contributed by atoms with E-state index in [4.69, 9.17) is 23.7 Å². The van der Waals surface area contributed by atoms with Crippen LogP contribution in [0, 0.1) is 5.82 Å². The number of fused-ring (bicyclic) bond motifs is 2.